The van der Waals surface area contributed by atoms with E-state index in [1.807, 2.05) is 0 Å². The van der Waals surface area contributed by atoms with Crippen molar-refractivity contribution in [2.45, 2.75) is 24.7 Å². The molecule has 0 unspecified atom stereocenters. The second kappa shape index (κ2) is 18.7. The summed E-state index contributed by atoms with van der Waals surface area (Å²) >= 11 is 0. The molecule has 0 atom stereocenters. The van der Waals surface area contributed by atoms with E-state index < -0.39 is 58.1 Å². The summed E-state index contributed by atoms with van der Waals surface area (Å²) in [6.45, 7) is 0. The van der Waals surface area contributed by atoms with Gasteiger partial charge in [-0.05, 0) is 82.9 Å². The standard InChI is InChI=1S/C62H32F12N6/c63-59(64,65)39-21-25-41(48(31-39)61(69,70)71)36-19-23-45-43-15-7-9-17-50(43)79(52(45)27-36)54-29-38(58-77-56(34-11-3-1-4-12-34)76-57(78-58)35-13-5-2-6-14-35)30-55(47(54)33-75)80-51-18-10-8-16-44(51)46-24-20-37(28-53(46)80)42-26-22-40(60(66,67)68)32-49(42)62(72,73)74/h1-32H. The number of para-hydroxylation sites is 2. The van der Waals surface area contributed by atoms with Crippen molar-refractivity contribution >= 4 is 43.6 Å². The maximum atomic E-state index is 14.8. The summed E-state index contributed by atoms with van der Waals surface area (Å²) in [6, 6.07) is 48.6. The quantitative estimate of drug-likeness (QED) is 0.149. The minimum absolute atomic E-state index is 0.0549. The summed E-state index contributed by atoms with van der Waals surface area (Å²) in [5.41, 5.74) is -4.64. The Labute approximate surface area is 444 Å². The molecule has 394 valence electrons. The van der Waals surface area contributed by atoms with E-state index in [1.165, 1.54) is 36.4 Å². The van der Waals surface area contributed by atoms with Crippen molar-refractivity contribution in [3.8, 4) is 73.9 Å². The zero-order chi connectivity index (χ0) is 56.0. The van der Waals surface area contributed by atoms with E-state index in [1.54, 1.807) is 130 Å². The predicted octanol–water partition coefficient (Wildman–Crippen LogP) is 18.3. The molecule has 80 heavy (non-hydrogen) atoms. The molecular formula is C62H32F12N6. The predicted molar refractivity (Wildman–Crippen MR) is 280 cm³/mol. The third-order valence-corrected chi connectivity index (χ3v) is 13.9. The number of fused-ring (bicyclic) bond motifs is 6. The van der Waals surface area contributed by atoms with Crippen LogP contribution in [0.1, 0.15) is 27.8 Å². The van der Waals surface area contributed by atoms with Crippen LogP contribution in [0.3, 0.4) is 0 Å². The third kappa shape index (κ3) is 8.90. The van der Waals surface area contributed by atoms with E-state index in [9.17, 15) is 57.9 Å². The highest BCUT2D eigenvalue weighted by atomic mass is 19.4. The average Bonchev–Trinajstić information content (AvgIpc) is 4.19. The first-order valence-corrected chi connectivity index (χ1v) is 24.3. The Balaban J connectivity index is 1.20. The SMILES string of the molecule is N#Cc1c(-n2c3ccccc3c3ccc(-c4ccc(C(F)(F)F)cc4C(F)(F)F)cc32)cc(-c2nc(-c3ccccc3)nc(-c3ccccc3)n2)cc1-n1c2ccccc2c2ccc(-c3ccc(C(F)(F)F)cc3C(F)(F)F)cc21. The van der Waals surface area contributed by atoms with Crippen molar-refractivity contribution in [3.05, 3.63) is 222 Å². The molecule has 0 saturated heterocycles. The van der Waals surface area contributed by atoms with Crippen LogP contribution in [0.15, 0.2) is 194 Å². The van der Waals surface area contributed by atoms with Crippen LogP contribution in [0.4, 0.5) is 52.7 Å². The Morgan fingerprint density at radius 3 is 1.06 bits per heavy atom. The summed E-state index contributed by atoms with van der Waals surface area (Å²) in [7, 11) is 0. The zero-order valence-corrected chi connectivity index (χ0v) is 40.7. The number of halogens is 12. The van der Waals surface area contributed by atoms with E-state index >= 15 is 0 Å². The molecule has 9 aromatic carbocycles. The Morgan fingerprint density at radius 1 is 0.325 bits per heavy atom. The van der Waals surface area contributed by atoms with Gasteiger partial charge in [-0.25, -0.2) is 15.0 Å². The van der Waals surface area contributed by atoms with Crippen LogP contribution in [0.25, 0.3) is 111 Å². The second-order valence-corrected chi connectivity index (χ2v) is 18.7. The largest absolute Gasteiger partial charge is 0.417 e. The summed E-state index contributed by atoms with van der Waals surface area (Å²) in [5.74, 6) is 0.532. The molecule has 0 saturated carbocycles. The number of rotatable bonds is 7. The minimum Gasteiger partial charge on any atom is -0.308 e. The lowest BCUT2D eigenvalue weighted by molar-refractivity contribution is -0.144. The highest BCUT2D eigenvalue weighted by Crippen LogP contribution is 2.47. The number of benzene rings is 9. The van der Waals surface area contributed by atoms with Gasteiger partial charge in [0.1, 0.15) is 11.6 Å². The molecule has 0 radical (unpaired) electrons. The monoisotopic (exact) mass is 1090 g/mol. The number of aromatic nitrogens is 5. The Bertz CT molecular complexity index is 4220. The molecule has 0 aliphatic heterocycles. The summed E-state index contributed by atoms with van der Waals surface area (Å²) in [4.78, 5) is 14.8. The fourth-order valence-electron chi connectivity index (χ4n) is 10.4. The molecular weight excluding hydrogens is 1060 g/mol. The van der Waals surface area contributed by atoms with Gasteiger partial charge in [-0.15, -0.1) is 0 Å². The van der Waals surface area contributed by atoms with Gasteiger partial charge >= 0.3 is 24.7 Å². The van der Waals surface area contributed by atoms with Crippen molar-refractivity contribution in [1.29, 1.82) is 5.26 Å². The Hall–Kier alpha value is -9.76. The molecule has 3 heterocycles. The van der Waals surface area contributed by atoms with Gasteiger partial charge in [0.2, 0.25) is 0 Å². The summed E-state index contributed by atoms with van der Waals surface area (Å²) in [6.07, 6.45) is -20.7. The Kier molecular flexibility index (Phi) is 11.9. The summed E-state index contributed by atoms with van der Waals surface area (Å²) in [5, 5.41) is 13.7. The molecule has 0 aliphatic carbocycles. The van der Waals surface area contributed by atoms with Gasteiger partial charge in [0.05, 0.1) is 55.7 Å². The number of nitriles is 1. The molecule has 0 spiro atoms. The molecule has 12 rings (SSSR count). The fraction of sp³-hybridized carbons (Fsp3) is 0.0645. The molecule has 18 heteroatoms. The van der Waals surface area contributed by atoms with Crippen molar-refractivity contribution in [1.82, 2.24) is 24.1 Å². The maximum absolute atomic E-state index is 14.8. The highest BCUT2D eigenvalue weighted by molar-refractivity contribution is 6.12. The molecule has 3 aromatic heterocycles. The van der Waals surface area contributed by atoms with Crippen molar-refractivity contribution in [2.24, 2.45) is 0 Å². The van der Waals surface area contributed by atoms with E-state index in [2.05, 4.69) is 6.07 Å². The first-order chi connectivity index (χ1) is 38.2. The van der Waals surface area contributed by atoms with Crippen LogP contribution in [0, 0.1) is 11.3 Å². The lowest BCUT2D eigenvalue weighted by atomic mass is 9.96. The lowest BCUT2D eigenvalue weighted by Crippen LogP contribution is -2.12. The number of hydrogen-bond donors (Lipinski definition) is 0. The van der Waals surface area contributed by atoms with Gasteiger partial charge < -0.3 is 9.13 Å². The number of hydrogen-bond acceptors (Lipinski definition) is 4. The normalized spacial score (nSPS) is 12.5. The smallest absolute Gasteiger partial charge is 0.308 e. The molecule has 0 bridgehead atoms. The van der Waals surface area contributed by atoms with E-state index in [4.69, 9.17) is 15.0 Å². The number of nitrogens with zero attached hydrogens (tertiary/aromatic N) is 6. The Morgan fingerprint density at radius 2 is 0.688 bits per heavy atom. The van der Waals surface area contributed by atoms with Crippen LogP contribution in [0.2, 0.25) is 0 Å². The van der Waals surface area contributed by atoms with Gasteiger partial charge in [-0.3, -0.25) is 0 Å². The first-order valence-electron chi connectivity index (χ1n) is 24.3. The number of alkyl halides is 12. The minimum atomic E-state index is -5.24. The topological polar surface area (TPSA) is 72.3 Å². The van der Waals surface area contributed by atoms with Crippen LogP contribution in [-0.2, 0) is 24.7 Å². The zero-order valence-electron chi connectivity index (χ0n) is 40.7. The van der Waals surface area contributed by atoms with Gasteiger partial charge in [-0.1, -0.05) is 133 Å². The van der Waals surface area contributed by atoms with Gasteiger partial charge in [0.25, 0.3) is 0 Å². The van der Waals surface area contributed by atoms with E-state index in [0.29, 0.717) is 55.8 Å². The second-order valence-electron chi connectivity index (χ2n) is 18.7. The summed E-state index contributed by atoms with van der Waals surface area (Å²) < 4.78 is 176. The highest BCUT2D eigenvalue weighted by Gasteiger charge is 2.40. The van der Waals surface area contributed by atoms with Crippen LogP contribution in [-0.4, -0.2) is 24.1 Å². The maximum Gasteiger partial charge on any atom is 0.417 e. The molecule has 12 aromatic rings. The fourth-order valence-corrected chi connectivity index (χ4v) is 10.4. The van der Waals surface area contributed by atoms with Gasteiger partial charge in [0.15, 0.2) is 17.5 Å². The van der Waals surface area contributed by atoms with Gasteiger partial charge in [-0.2, -0.15) is 57.9 Å². The third-order valence-electron chi connectivity index (χ3n) is 13.9. The molecule has 6 nitrogen and oxygen atoms in total. The van der Waals surface area contributed by atoms with E-state index in [0.717, 1.165) is 12.1 Å². The molecule has 0 aliphatic rings. The van der Waals surface area contributed by atoms with E-state index in [-0.39, 0.29) is 74.3 Å². The van der Waals surface area contributed by atoms with Gasteiger partial charge in [0, 0.05) is 38.2 Å². The lowest BCUT2D eigenvalue weighted by Gasteiger charge is -2.19. The molecule has 0 amide bonds. The van der Waals surface area contributed by atoms with Crippen molar-refractivity contribution in [2.75, 3.05) is 0 Å². The van der Waals surface area contributed by atoms with Crippen LogP contribution < -0.4 is 0 Å². The van der Waals surface area contributed by atoms with Crippen molar-refractivity contribution < 1.29 is 52.7 Å². The first kappa shape index (κ1) is 51.0. The molecule has 0 N–H and O–H groups in total. The van der Waals surface area contributed by atoms with Crippen LogP contribution >= 0.6 is 0 Å². The average molecular weight is 1090 g/mol. The van der Waals surface area contributed by atoms with Crippen LogP contribution in [0.5, 0.6) is 0 Å². The molecule has 0 fully saturated rings. The van der Waals surface area contributed by atoms with Crippen molar-refractivity contribution in [3.63, 3.8) is 0 Å².